The summed E-state index contributed by atoms with van der Waals surface area (Å²) in [7, 11) is 0. The monoisotopic (exact) mass is 380 g/mol. The fraction of sp³-hybridized carbons (Fsp3) is 0.0476. The summed E-state index contributed by atoms with van der Waals surface area (Å²) < 4.78 is 24.1. The van der Waals surface area contributed by atoms with Gasteiger partial charge >= 0.3 is 0 Å². The zero-order chi connectivity index (χ0) is 18.8. The minimum absolute atomic E-state index is 0.188. The van der Waals surface area contributed by atoms with E-state index in [0.29, 0.717) is 22.6 Å². The van der Waals surface area contributed by atoms with Gasteiger partial charge in [-0.25, -0.2) is 4.39 Å². The Kier molecular flexibility index (Phi) is 4.56. The maximum absolute atomic E-state index is 12.9. The number of ketones is 2. The van der Waals surface area contributed by atoms with Crippen molar-refractivity contribution in [2.24, 2.45) is 0 Å². The van der Waals surface area contributed by atoms with Gasteiger partial charge in [-0.2, -0.15) is 0 Å². The molecular weight excluding hydrogens is 367 g/mol. The first-order valence-corrected chi connectivity index (χ1v) is 9.01. The number of halogens is 1. The number of rotatable bonds is 5. The molecule has 0 atom stereocenters. The number of allylic oxidation sites excluding steroid dienone is 1. The molecule has 1 aliphatic rings. The average molecular weight is 380 g/mol. The normalized spacial score (nSPS) is 14.1. The number of fused-ring (bicyclic) bond motifs is 1. The van der Waals surface area contributed by atoms with E-state index in [1.54, 1.807) is 24.3 Å². The second-order valence-corrected chi connectivity index (χ2v) is 6.81. The van der Waals surface area contributed by atoms with Gasteiger partial charge in [0.25, 0.3) is 0 Å². The Balaban J connectivity index is 1.46. The van der Waals surface area contributed by atoms with Gasteiger partial charge in [0.2, 0.25) is 5.78 Å². The Morgan fingerprint density at radius 1 is 1.15 bits per heavy atom. The summed E-state index contributed by atoms with van der Waals surface area (Å²) in [5.74, 6) is 0.202. The molecule has 0 N–H and O–H groups in total. The van der Waals surface area contributed by atoms with Crippen molar-refractivity contribution < 1.29 is 23.5 Å². The molecule has 6 heteroatoms. The third-order valence-electron chi connectivity index (χ3n) is 3.99. The highest BCUT2D eigenvalue weighted by Gasteiger charge is 2.27. The summed E-state index contributed by atoms with van der Waals surface area (Å²) in [5, 5.41) is 1.92. The molecule has 2 aromatic carbocycles. The summed E-state index contributed by atoms with van der Waals surface area (Å²) in [4.78, 5) is 25.4. The molecule has 0 bridgehead atoms. The average Bonchev–Trinajstić information content (AvgIpc) is 3.29. The van der Waals surface area contributed by atoms with Crippen molar-refractivity contribution in [1.82, 2.24) is 0 Å². The minimum atomic E-state index is -0.403. The van der Waals surface area contributed by atoms with Crippen LogP contribution < -0.4 is 9.47 Å². The van der Waals surface area contributed by atoms with Gasteiger partial charge in [-0.15, -0.1) is 11.3 Å². The molecule has 27 heavy (non-hydrogen) atoms. The van der Waals surface area contributed by atoms with Crippen LogP contribution in [-0.2, 0) is 0 Å². The Bertz CT molecular complexity index is 1040. The van der Waals surface area contributed by atoms with Gasteiger partial charge in [-0.1, -0.05) is 6.07 Å². The van der Waals surface area contributed by atoms with E-state index in [4.69, 9.17) is 9.47 Å². The van der Waals surface area contributed by atoms with Crippen molar-refractivity contribution in [3.63, 3.8) is 0 Å². The molecule has 0 saturated carbocycles. The van der Waals surface area contributed by atoms with Gasteiger partial charge in [-0.3, -0.25) is 9.59 Å². The Labute approximate surface area is 158 Å². The predicted octanol–water partition coefficient (Wildman–Crippen LogP) is 4.77. The summed E-state index contributed by atoms with van der Waals surface area (Å²) in [6.07, 6.45) is 1.70. The summed E-state index contributed by atoms with van der Waals surface area (Å²) in [6.45, 7) is -0.198. The Morgan fingerprint density at radius 3 is 2.70 bits per heavy atom. The summed E-state index contributed by atoms with van der Waals surface area (Å²) in [6, 6.07) is 13.9. The van der Waals surface area contributed by atoms with Crippen molar-refractivity contribution >= 4 is 29.0 Å². The number of ether oxygens (including phenoxy) is 2. The van der Waals surface area contributed by atoms with E-state index in [2.05, 4.69) is 0 Å². The highest BCUT2D eigenvalue weighted by Crippen LogP contribution is 2.35. The van der Waals surface area contributed by atoms with Crippen molar-refractivity contribution in [3.05, 3.63) is 87.6 Å². The number of carbonyl (C=O) groups is 2. The van der Waals surface area contributed by atoms with Crippen LogP contribution in [0.4, 0.5) is 4.39 Å². The van der Waals surface area contributed by atoms with Crippen LogP contribution in [0.15, 0.2) is 65.7 Å². The van der Waals surface area contributed by atoms with Gasteiger partial charge in [0.1, 0.15) is 17.3 Å². The molecule has 1 aliphatic heterocycles. The maximum Gasteiger partial charge on any atom is 0.232 e. The van der Waals surface area contributed by atoms with E-state index >= 15 is 0 Å². The molecule has 0 amide bonds. The number of carbonyl (C=O) groups excluding carboxylic acids is 2. The second kappa shape index (κ2) is 7.17. The van der Waals surface area contributed by atoms with Gasteiger partial charge < -0.3 is 9.47 Å². The lowest BCUT2D eigenvalue weighted by Crippen LogP contribution is -2.11. The van der Waals surface area contributed by atoms with E-state index in [1.165, 1.54) is 35.6 Å². The van der Waals surface area contributed by atoms with Crippen LogP contribution in [0.25, 0.3) is 6.08 Å². The largest absolute Gasteiger partial charge is 0.485 e. The van der Waals surface area contributed by atoms with Crippen molar-refractivity contribution in [3.8, 4) is 11.5 Å². The third kappa shape index (κ3) is 3.66. The highest BCUT2D eigenvalue weighted by molar-refractivity contribution is 7.10. The topological polar surface area (TPSA) is 52.6 Å². The lowest BCUT2D eigenvalue weighted by Gasteiger charge is -2.07. The van der Waals surface area contributed by atoms with Crippen LogP contribution in [-0.4, -0.2) is 18.2 Å². The summed E-state index contributed by atoms with van der Waals surface area (Å²) >= 11 is 1.51. The van der Waals surface area contributed by atoms with E-state index in [9.17, 15) is 14.0 Å². The van der Waals surface area contributed by atoms with E-state index in [0.717, 1.165) is 4.88 Å². The molecule has 4 rings (SSSR count). The predicted molar refractivity (Wildman–Crippen MR) is 99.9 cm³/mol. The SMILES string of the molecule is O=C(COc1ccc2c(c1)O/C(=C\c1cccs1)C2=O)c1ccc(F)cc1. The van der Waals surface area contributed by atoms with E-state index in [1.807, 2.05) is 17.5 Å². The lowest BCUT2D eigenvalue weighted by molar-refractivity contribution is 0.0920. The van der Waals surface area contributed by atoms with Gasteiger partial charge in [0.15, 0.2) is 18.1 Å². The molecule has 0 unspecified atom stereocenters. The lowest BCUT2D eigenvalue weighted by atomic mass is 10.1. The molecule has 2 heterocycles. The first-order valence-electron chi connectivity index (χ1n) is 8.13. The first-order chi connectivity index (χ1) is 13.1. The number of hydrogen-bond donors (Lipinski definition) is 0. The minimum Gasteiger partial charge on any atom is -0.485 e. The Hall–Kier alpha value is -3.25. The van der Waals surface area contributed by atoms with Crippen LogP contribution in [0.1, 0.15) is 25.6 Å². The number of Topliss-reactive ketones (excluding diaryl/α,β-unsaturated/α-hetero) is 2. The van der Waals surface area contributed by atoms with E-state index < -0.39 is 5.82 Å². The molecule has 0 spiro atoms. The molecule has 1 aromatic heterocycles. The van der Waals surface area contributed by atoms with Gasteiger partial charge in [0, 0.05) is 22.6 Å². The molecule has 0 aliphatic carbocycles. The third-order valence-corrected chi connectivity index (χ3v) is 4.81. The van der Waals surface area contributed by atoms with Gasteiger partial charge in [-0.05, 0) is 47.8 Å². The zero-order valence-corrected chi connectivity index (χ0v) is 14.8. The quantitative estimate of drug-likeness (QED) is 0.473. The first kappa shape index (κ1) is 17.2. The van der Waals surface area contributed by atoms with Crippen LogP contribution >= 0.6 is 11.3 Å². The molecule has 134 valence electrons. The molecule has 3 aromatic rings. The molecule has 0 radical (unpaired) electrons. The smallest absolute Gasteiger partial charge is 0.232 e. The van der Waals surface area contributed by atoms with Crippen molar-refractivity contribution in [2.75, 3.05) is 6.61 Å². The molecular formula is C21H13FO4S. The molecule has 0 fully saturated rings. The van der Waals surface area contributed by atoms with E-state index in [-0.39, 0.29) is 23.9 Å². The maximum atomic E-state index is 12.9. The fourth-order valence-electron chi connectivity index (χ4n) is 2.63. The Morgan fingerprint density at radius 2 is 1.96 bits per heavy atom. The van der Waals surface area contributed by atoms with Crippen molar-refractivity contribution in [1.29, 1.82) is 0 Å². The zero-order valence-electron chi connectivity index (χ0n) is 14.0. The van der Waals surface area contributed by atoms with Crippen LogP contribution in [0, 0.1) is 5.82 Å². The van der Waals surface area contributed by atoms with Crippen LogP contribution in [0.3, 0.4) is 0 Å². The fourth-order valence-corrected chi connectivity index (χ4v) is 3.27. The second-order valence-electron chi connectivity index (χ2n) is 5.83. The van der Waals surface area contributed by atoms with Crippen molar-refractivity contribution in [2.45, 2.75) is 0 Å². The summed E-state index contributed by atoms with van der Waals surface area (Å²) in [5.41, 5.74) is 0.820. The number of benzene rings is 2. The number of thiophene rings is 1. The standard InChI is InChI=1S/C21H13FO4S/c22-14-5-3-13(4-6-14)18(23)12-25-15-7-8-17-19(10-15)26-20(21(17)24)11-16-2-1-9-27-16/h1-11H,12H2/b20-11-. The van der Waals surface area contributed by atoms with Crippen LogP contribution in [0.2, 0.25) is 0 Å². The number of hydrogen-bond acceptors (Lipinski definition) is 5. The molecule has 0 saturated heterocycles. The molecule has 4 nitrogen and oxygen atoms in total. The highest BCUT2D eigenvalue weighted by atomic mass is 32.1. The van der Waals surface area contributed by atoms with Crippen LogP contribution in [0.5, 0.6) is 11.5 Å². The van der Waals surface area contributed by atoms with Gasteiger partial charge in [0.05, 0.1) is 5.56 Å².